The van der Waals surface area contributed by atoms with Crippen molar-refractivity contribution in [3.8, 4) is 22.6 Å². The number of rotatable bonds is 4. The van der Waals surface area contributed by atoms with Crippen molar-refractivity contribution in [2.24, 2.45) is 0 Å². The molecule has 1 atom stereocenters. The molecule has 0 aliphatic rings. The molecule has 34 heavy (non-hydrogen) atoms. The molecule has 5 aromatic carbocycles. The average Bonchev–Trinajstić information content (AvgIpc) is 2.84. The van der Waals surface area contributed by atoms with Gasteiger partial charge in [0.25, 0.3) is 8.32 Å². The van der Waals surface area contributed by atoms with Crippen LogP contribution in [-0.4, -0.2) is 13.4 Å². The molecule has 2 nitrogen and oxygen atoms in total. The summed E-state index contributed by atoms with van der Waals surface area (Å²) < 4.78 is 7.18. The molecule has 5 rings (SSSR count). The predicted molar refractivity (Wildman–Crippen MR) is 147 cm³/mol. The van der Waals surface area contributed by atoms with E-state index in [0.717, 1.165) is 38.4 Å². The van der Waals surface area contributed by atoms with Gasteiger partial charge in [0, 0.05) is 11.1 Å². The summed E-state index contributed by atoms with van der Waals surface area (Å²) in [6.07, 6.45) is 0. The van der Waals surface area contributed by atoms with E-state index < -0.39 is 8.32 Å². The second kappa shape index (κ2) is 8.34. The summed E-state index contributed by atoms with van der Waals surface area (Å²) in [5, 5.41) is 16.7. The maximum atomic E-state index is 11.2. The molecule has 5 aromatic rings. The Morgan fingerprint density at radius 2 is 1.15 bits per heavy atom. The number of hydrogen-bond acceptors (Lipinski definition) is 2. The zero-order chi connectivity index (χ0) is 23.9. The van der Waals surface area contributed by atoms with Gasteiger partial charge in [-0.1, -0.05) is 112 Å². The van der Waals surface area contributed by atoms with Gasteiger partial charge in [-0.25, -0.2) is 0 Å². The molecule has 0 saturated heterocycles. The van der Waals surface area contributed by atoms with Gasteiger partial charge >= 0.3 is 0 Å². The van der Waals surface area contributed by atoms with Gasteiger partial charge in [0.1, 0.15) is 11.5 Å². The summed E-state index contributed by atoms with van der Waals surface area (Å²) in [5.74, 6) is 1.08. The van der Waals surface area contributed by atoms with E-state index in [1.165, 1.54) is 5.19 Å². The Morgan fingerprint density at radius 3 is 1.76 bits per heavy atom. The van der Waals surface area contributed by atoms with Gasteiger partial charge in [-0.15, -0.1) is 0 Å². The van der Waals surface area contributed by atoms with Crippen molar-refractivity contribution < 1.29 is 9.53 Å². The van der Waals surface area contributed by atoms with Gasteiger partial charge in [0.05, 0.1) is 0 Å². The zero-order valence-electron chi connectivity index (χ0n) is 20.2. The van der Waals surface area contributed by atoms with Crippen LogP contribution in [-0.2, 0) is 0 Å². The second-order valence-electron chi connectivity index (χ2n) is 10.1. The van der Waals surface area contributed by atoms with Gasteiger partial charge < -0.3 is 9.53 Å². The number of aromatic hydroxyl groups is 1. The Balaban J connectivity index is 1.83. The first kappa shape index (κ1) is 22.2. The van der Waals surface area contributed by atoms with Crippen molar-refractivity contribution >= 4 is 35.0 Å². The second-order valence-corrected chi connectivity index (χ2v) is 14.4. The number of fused-ring (bicyclic) bond motifs is 2. The lowest BCUT2D eigenvalue weighted by molar-refractivity contribution is 0.476. The summed E-state index contributed by atoms with van der Waals surface area (Å²) >= 11 is 0. The third-order valence-electron chi connectivity index (χ3n) is 7.12. The summed E-state index contributed by atoms with van der Waals surface area (Å²) in [5.41, 5.74) is 1.77. The van der Waals surface area contributed by atoms with Crippen molar-refractivity contribution in [3.63, 3.8) is 0 Å². The van der Waals surface area contributed by atoms with Crippen molar-refractivity contribution in [2.75, 3.05) is 0 Å². The summed E-state index contributed by atoms with van der Waals surface area (Å²) in [6.45, 7) is 9.09. The average molecular weight is 463 g/mol. The molecular weight excluding hydrogens is 432 g/mol. The van der Waals surface area contributed by atoms with Crippen LogP contribution in [0.25, 0.3) is 32.7 Å². The zero-order valence-corrected chi connectivity index (χ0v) is 21.2. The molecule has 0 aliphatic heterocycles. The van der Waals surface area contributed by atoms with Crippen LogP contribution in [0.4, 0.5) is 0 Å². The molecule has 0 aromatic heterocycles. The van der Waals surface area contributed by atoms with E-state index in [9.17, 15) is 5.11 Å². The van der Waals surface area contributed by atoms with Gasteiger partial charge in [0.15, 0.2) is 0 Å². The van der Waals surface area contributed by atoms with E-state index in [1.807, 2.05) is 24.3 Å². The normalized spacial score (nSPS) is 13.6. The Labute approximate surface area is 202 Å². The number of phenols is 1. The Kier molecular flexibility index (Phi) is 5.45. The van der Waals surface area contributed by atoms with Crippen LogP contribution in [0.15, 0.2) is 103 Å². The molecule has 0 bridgehead atoms. The highest BCUT2D eigenvalue weighted by Crippen LogP contribution is 2.47. The van der Waals surface area contributed by atoms with Crippen molar-refractivity contribution in [2.45, 2.75) is 32.4 Å². The molecule has 0 fully saturated rings. The fourth-order valence-corrected chi connectivity index (χ4v) is 7.47. The Morgan fingerprint density at radius 1 is 0.618 bits per heavy atom. The van der Waals surface area contributed by atoms with E-state index in [2.05, 4.69) is 100 Å². The number of benzene rings is 5. The molecule has 0 radical (unpaired) electrons. The standard InChI is InChI=1S/C31H30O2Si/c1-31(2,3)34(4,24-14-6-5-7-15-24)33-28-21-19-23-13-9-11-17-26(23)30(28)29-25-16-10-8-12-22(25)18-20-27(29)32/h5-21,32H,1-4H3/t34-/m0/s1. The molecular formula is C31H30O2Si. The van der Waals surface area contributed by atoms with E-state index >= 15 is 0 Å². The minimum Gasteiger partial charge on any atom is -0.538 e. The molecule has 0 amide bonds. The molecule has 0 heterocycles. The predicted octanol–water partition coefficient (Wildman–Crippen LogP) is 8.03. The monoisotopic (exact) mass is 462 g/mol. The molecule has 0 spiro atoms. The van der Waals surface area contributed by atoms with Crippen LogP contribution < -0.4 is 9.61 Å². The Bertz CT molecular complexity index is 1480. The lowest BCUT2D eigenvalue weighted by Gasteiger charge is -2.40. The number of phenolic OH excluding ortho intramolecular Hbond substituents is 1. The number of hydrogen-bond donors (Lipinski definition) is 1. The smallest absolute Gasteiger partial charge is 0.285 e. The van der Waals surface area contributed by atoms with Crippen LogP contribution in [0.2, 0.25) is 11.6 Å². The highest BCUT2D eigenvalue weighted by Gasteiger charge is 2.46. The molecule has 0 aliphatic carbocycles. The topological polar surface area (TPSA) is 29.5 Å². The highest BCUT2D eigenvalue weighted by molar-refractivity contribution is 6.88. The molecule has 170 valence electrons. The minimum atomic E-state index is -2.49. The maximum Gasteiger partial charge on any atom is 0.285 e. The third kappa shape index (κ3) is 3.66. The molecule has 0 saturated carbocycles. The molecule has 1 N–H and O–H groups in total. The van der Waals surface area contributed by atoms with E-state index in [1.54, 1.807) is 6.07 Å². The van der Waals surface area contributed by atoms with E-state index in [-0.39, 0.29) is 10.8 Å². The maximum absolute atomic E-state index is 11.2. The first-order valence-corrected chi connectivity index (χ1v) is 14.2. The van der Waals surface area contributed by atoms with Crippen LogP contribution in [0.3, 0.4) is 0 Å². The van der Waals surface area contributed by atoms with Crippen molar-refractivity contribution in [3.05, 3.63) is 103 Å². The van der Waals surface area contributed by atoms with Gasteiger partial charge in [-0.2, -0.15) is 0 Å². The highest BCUT2D eigenvalue weighted by atomic mass is 28.4. The fourth-order valence-electron chi connectivity index (χ4n) is 4.74. The van der Waals surface area contributed by atoms with Gasteiger partial charge in [-0.3, -0.25) is 0 Å². The van der Waals surface area contributed by atoms with Crippen LogP contribution in [0.1, 0.15) is 20.8 Å². The third-order valence-corrected chi connectivity index (χ3v) is 12.0. The lowest BCUT2D eigenvalue weighted by Crippen LogP contribution is -2.57. The summed E-state index contributed by atoms with van der Waals surface area (Å²) in [6, 6.07) is 35.1. The van der Waals surface area contributed by atoms with E-state index in [0.29, 0.717) is 0 Å². The summed E-state index contributed by atoms with van der Waals surface area (Å²) in [4.78, 5) is 0. The van der Waals surface area contributed by atoms with Gasteiger partial charge in [-0.05, 0) is 50.4 Å². The Hall–Kier alpha value is -3.56. The first-order valence-electron chi connectivity index (χ1n) is 11.8. The lowest BCUT2D eigenvalue weighted by atomic mass is 9.92. The van der Waals surface area contributed by atoms with E-state index in [4.69, 9.17) is 4.43 Å². The van der Waals surface area contributed by atoms with Crippen LogP contribution in [0, 0.1) is 0 Å². The fraction of sp³-hybridized carbons (Fsp3) is 0.161. The first-order chi connectivity index (χ1) is 16.3. The van der Waals surface area contributed by atoms with Crippen LogP contribution in [0.5, 0.6) is 11.5 Å². The molecule has 0 unspecified atom stereocenters. The van der Waals surface area contributed by atoms with Crippen molar-refractivity contribution in [1.82, 2.24) is 0 Å². The van der Waals surface area contributed by atoms with Gasteiger partial charge in [0.2, 0.25) is 0 Å². The molecule has 3 heteroatoms. The van der Waals surface area contributed by atoms with Crippen LogP contribution >= 0.6 is 0 Å². The van der Waals surface area contributed by atoms with Crippen molar-refractivity contribution in [1.29, 1.82) is 0 Å². The quantitative estimate of drug-likeness (QED) is 0.274. The minimum absolute atomic E-state index is 0.0575. The SMILES string of the molecule is CC(C)(C)[Si@@](C)(Oc1ccc2ccccc2c1-c1c(O)ccc2ccccc12)c1ccccc1. The summed E-state index contributed by atoms with van der Waals surface area (Å²) in [7, 11) is -2.49. The largest absolute Gasteiger partial charge is 0.538 e.